The minimum Gasteiger partial charge on any atom is -0.421 e. The van der Waals surface area contributed by atoms with E-state index >= 15 is 0 Å². The highest BCUT2D eigenvalue weighted by Crippen LogP contribution is 2.33. The number of ether oxygens (including phenoxy) is 1. The first-order chi connectivity index (χ1) is 12.3. The van der Waals surface area contributed by atoms with Gasteiger partial charge in [0.25, 0.3) is 0 Å². The Bertz CT molecular complexity index is 956. The second kappa shape index (κ2) is 7.74. The molecule has 0 N–H and O–H groups in total. The zero-order valence-electron chi connectivity index (χ0n) is 13.4. The maximum absolute atomic E-state index is 12.7. The molecule has 0 unspecified atom stereocenters. The number of carbonyl (C=O) groups excluding carboxylic acids is 1. The molecule has 26 heavy (non-hydrogen) atoms. The van der Waals surface area contributed by atoms with E-state index in [2.05, 4.69) is 0 Å². The van der Waals surface area contributed by atoms with Crippen molar-refractivity contribution in [2.45, 2.75) is 17.7 Å². The molecule has 5 nitrogen and oxygen atoms in total. The van der Waals surface area contributed by atoms with Gasteiger partial charge in [-0.1, -0.05) is 40.9 Å². The molecule has 9 heteroatoms. The Balaban J connectivity index is 1.92. The summed E-state index contributed by atoms with van der Waals surface area (Å²) in [5.74, 6) is -0.674. The van der Waals surface area contributed by atoms with Gasteiger partial charge in [-0.05, 0) is 43.2 Å². The summed E-state index contributed by atoms with van der Waals surface area (Å²) in [6.45, 7) is 0.872. The van der Waals surface area contributed by atoms with Gasteiger partial charge in [0.1, 0.15) is 9.92 Å². The van der Waals surface area contributed by atoms with Gasteiger partial charge in [0.05, 0.1) is 15.6 Å². The fourth-order valence-electron chi connectivity index (χ4n) is 2.62. The second-order valence-electron chi connectivity index (χ2n) is 5.70. The number of esters is 1. The van der Waals surface area contributed by atoms with E-state index in [1.807, 2.05) is 0 Å². The molecular weight excluding hydrogens is 421 g/mol. The molecule has 1 aliphatic rings. The van der Waals surface area contributed by atoms with Crippen molar-refractivity contribution in [3.8, 4) is 5.75 Å². The van der Waals surface area contributed by atoms with Crippen LogP contribution in [0.25, 0.3) is 0 Å². The summed E-state index contributed by atoms with van der Waals surface area (Å²) in [6, 6.07) is 8.61. The Morgan fingerprint density at radius 1 is 1.00 bits per heavy atom. The summed E-state index contributed by atoms with van der Waals surface area (Å²) in [4.78, 5) is 12.3. The van der Waals surface area contributed by atoms with E-state index in [1.54, 1.807) is 12.1 Å². The maximum Gasteiger partial charge on any atom is 0.343 e. The van der Waals surface area contributed by atoms with Crippen LogP contribution in [0.4, 0.5) is 0 Å². The van der Waals surface area contributed by atoms with Gasteiger partial charge in [-0.25, -0.2) is 13.2 Å². The van der Waals surface area contributed by atoms with Crippen molar-refractivity contribution in [2.75, 3.05) is 13.1 Å². The Kier molecular flexibility index (Phi) is 5.79. The molecule has 1 saturated heterocycles. The van der Waals surface area contributed by atoms with Gasteiger partial charge in [0.2, 0.25) is 10.0 Å². The minimum absolute atomic E-state index is 0.0446. The van der Waals surface area contributed by atoms with Crippen molar-refractivity contribution < 1.29 is 17.9 Å². The van der Waals surface area contributed by atoms with Gasteiger partial charge in [0.15, 0.2) is 5.75 Å². The molecule has 2 aromatic rings. The molecule has 0 saturated carbocycles. The number of halogens is 3. The predicted octanol–water partition coefficient (Wildman–Crippen LogP) is 4.65. The lowest BCUT2D eigenvalue weighted by Crippen LogP contribution is -2.28. The van der Waals surface area contributed by atoms with Crippen LogP contribution in [0.2, 0.25) is 15.1 Å². The summed E-state index contributed by atoms with van der Waals surface area (Å²) >= 11 is 18.0. The van der Waals surface area contributed by atoms with Crippen LogP contribution in [0, 0.1) is 0 Å². The Labute approximate surface area is 166 Å². The average Bonchev–Trinajstić information content (AvgIpc) is 3.14. The van der Waals surface area contributed by atoms with E-state index in [0.29, 0.717) is 13.1 Å². The second-order valence-corrected chi connectivity index (χ2v) is 8.80. The number of rotatable bonds is 4. The Hall–Kier alpha value is -1.31. The lowest BCUT2D eigenvalue weighted by atomic mass is 10.2. The van der Waals surface area contributed by atoms with Crippen LogP contribution >= 0.6 is 34.8 Å². The molecule has 1 fully saturated rings. The number of carbonyl (C=O) groups is 1. The summed E-state index contributed by atoms with van der Waals surface area (Å²) in [5.41, 5.74) is 0.0446. The van der Waals surface area contributed by atoms with Crippen LogP contribution in [0.1, 0.15) is 23.2 Å². The molecule has 0 aliphatic carbocycles. The zero-order chi connectivity index (χ0) is 18.9. The van der Waals surface area contributed by atoms with Crippen molar-refractivity contribution >= 4 is 50.8 Å². The van der Waals surface area contributed by atoms with Gasteiger partial charge in [0, 0.05) is 13.1 Å². The summed E-state index contributed by atoms with van der Waals surface area (Å²) in [7, 11) is -3.77. The SMILES string of the molecule is O=C(Oc1cccc(Cl)c1Cl)c1ccc(Cl)c(S(=O)(=O)N2CCCC2)c1. The van der Waals surface area contributed by atoms with Crippen LogP contribution in [-0.4, -0.2) is 31.8 Å². The number of sulfonamides is 1. The van der Waals surface area contributed by atoms with E-state index in [0.717, 1.165) is 12.8 Å². The van der Waals surface area contributed by atoms with Crippen LogP contribution in [0.5, 0.6) is 5.75 Å². The first kappa shape index (κ1) is 19.5. The summed E-state index contributed by atoms with van der Waals surface area (Å²) < 4.78 is 32.1. The van der Waals surface area contributed by atoms with Crippen molar-refractivity contribution in [3.05, 3.63) is 57.0 Å². The van der Waals surface area contributed by atoms with Crippen molar-refractivity contribution in [2.24, 2.45) is 0 Å². The first-order valence-electron chi connectivity index (χ1n) is 7.76. The average molecular weight is 435 g/mol. The first-order valence-corrected chi connectivity index (χ1v) is 10.3. The molecule has 0 aromatic heterocycles. The largest absolute Gasteiger partial charge is 0.421 e. The van der Waals surface area contributed by atoms with Crippen molar-refractivity contribution in [1.82, 2.24) is 4.31 Å². The molecule has 1 aliphatic heterocycles. The predicted molar refractivity (Wildman–Crippen MR) is 101 cm³/mol. The molecule has 0 spiro atoms. The number of hydrogen-bond acceptors (Lipinski definition) is 4. The highest BCUT2D eigenvalue weighted by atomic mass is 35.5. The standard InChI is InChI=1S/C17H14Cl3NO4S/c18-12-7-6-11(10-15(12)26(23,24)21-8-1-2-9-21)17(22)25-14-5-3-4-13(19)16(14)20/h3-7,10H,1-2,8-9H2. The molecule has 1 heterocycles. The van der Waals surface area contributed by atoms with Gasteiger partial charge in [-0.2, -0.15) is 4.31 Å². The van der Waals surface area contributed by atoms with Crippen LogP contribution < -0.4 is 4.74 Å². The van der Waals surface area contributed by atoms with Gasteiger partial charge in [-0.3, -0.25) is 0 Å². The van der Waals surface area contributed by atoms with Crippen molar-refractivity contribution in [1.29, 1.82) is 0 Å². The molecule has 0 radical (unpaired) electrons. The van der Waals surface area contributed by atoms with Crippen LogP contribution in [-0.2, 0) is 10.0 Å². The van der Waals surface area contributed by atoms with Crippen LogP contribution in [0.15, 0.2) is 41.3 Å². The summed E-state index contributed by atoms with van der Waals surface area (Å²) in [6.07, 6.45) is 1.59. The number of nitrogens with zero attached hydrogens (tertiary/aromatic N) is 1. The molecule has 2 aromatic carbocycles. The fourth-order valence-corrected chi connectivity index (χ4v) is 4.97. The maximum atomic E-state index is 12.7. The van der Waals surface area contributed by atoms with E-state index in [1.165, 1.54) is 28.6 Å². The highest BCUT2D eigenvalue weighted by molar-refractivity contribution is 7.89. The monoisotopic (exact) mass is 433 g/mol. The molecule has 138 valence electrons. The molecule has 0 atom stereocenters. The fraction of sp³-hybridized carbons (Fsp3) is 0.235. The third-order valence-corrected chi connectivity index (χ3v) is 7.15. The van der Waals surface area contributed by atoms with Gasteiger partial charge < -0.3 is 4.74 Å². The van der Waals surface area contributed by atoms with Crippen LogP contribution in [0.3, 0.4) is 0 Å². The summed E-state index contributed by atoms with van der Waals surface area (Å²) in [5, 5.41) is 0.390. The van der Waals surface area contributed by atoms with Gasteiger partial charge in [-0.15, -0.1) is 0 Å². The lowest BCUT2D eigenvalue weighted by molar-refractivity contribution is 0.0734. The van der Waals surface area contributed by atoms with E-state index in [4.69, 9.17) is 39.5 Å². The number of hydrogen-bond donors (Lipinski definition) is 0. The smallest absolute Gasteiger partial charge is 0.343 e. The Morgan fingerprint density at radius 3 is 2.38 bits per heavy atom. The quantitative estimate of drug-likeness (QED) is 0.519. The number of benzene rings is 2. The lowest BCUT2D eigenvalue weighted by Gasteiger charge is -2.17. The minimum atomic E-state index is -3.77. The molecule has 3 rings (SSSR count). The topological polar surface area (TPSA) is 63.7 Å². The van der Waals surface area contributed by atoms with Gasteiger partial charge >= 0.3 is 5.97 Å². The van der Waals surface area contributed by atoms with E-state index in [9.17, 15) is 13.2 Å². The normalized spacial score (nSPS) is 15.2. The van der Waals surface area contributed by atoms with Crippen molar-refractivity contribution in [3.63, 3.8) is 0 Å². The van der Waals surface area contributed by atoms with E-state index in [-0.39, 0.29) is 31.3 Å². The zero-order valence-corrected chi connectivity index (χ0v) is 16.5. The molecular formula is C17H14Cl3NO4S. The third-order valence-electron chi connectivity index (χ3n) is 3.97. The molecule has 0 amide bonds. The Morgan fingerprint density at radius 2 is 1.69 bits per heavy atom. The third kappa shape index (κ3) is 3.85. The highest BCUT2D eigenvalue weighted by Gasteiger charge is 2.30. The molecule has 0 bridgehead atoms. The van der Waals surface area contributed by atoms with E-state index < -0.39 is 16.0 Å².